The molecule has 5 heterocycles. The van der Waals surface area contributed by atoms with Crippen molar-refractivity contribution >= 4 is 28.9 Å². The molecule has 4 aliphatic rings. The van der Waals surface area contributed by atoms with Crippen molar-refractivity contribution in [2.75, 3.05) is 60.1 Å². The zero-order valence-corrected chi connectivity index (χ0v) is 49.3. The van der Waals surface area contributed by atoms with Gasteiger partial charge in [-0.3, -0.25) is 14.3 Å². The van der Waals surface area contributed by atoms with Crippen LogP contribution >= 0.6 is 0 Å². The molecule has 1 aromatic heterocycles. The van der Waals surface area contributed by atoms with E-state index in [1.165, 1.54) is 13.3 Å². The van der Waals surface area contributed by atoms with Crippen LogP contribution in [0, 0.1) is 23.7 Å². The summed E-state index contributed by atoms with van der Waals surface area (Å²) in [5, 5.41) is 51.5. The number of nitrogens with zero attached hydrogens (tertiary/aromatic N) is 3. The Bertz CT molecular complexity index is 2440. The van der Waals surface area contributed by atoms with Crippen LogP contribution in [0.5, 0.6) is 0 Å². The van der Waals surface area contributed by atoms with Gasteiger partial charge >= 0.3 is 18.0 Å². The maximum atomic E-state index is 14.7. The Morgan fingerprint density at radius 3 is 2.23 bits per heavy atom. The molecule has 1 aromatic carbocycles. The normalized spacial score (nSPS) is 38.7. The molecule has 4 fully saturated rings. The highest BCUT2D eigenvalue weighted by Gasteiger charge is 2.56. The number of pyridine rings is 1. The van der Waals surface area contributed by atoms with Gasteiger partial charge < -0.3 is 83.0 Å². The second kappa shape index (κ2) is 26.5. The molecule has 4 aliphatic heterocycles. The van der Waals surface area contributed by atoms with Crippen LogP contribution in [-0.2, 0) is 58.6 Å². The number of amides is 1. The number of esters is 1. The molecule has 448 valence electrons. The fourth-order valence-corrected chi connectivity index (χ4v) is 12.6. The van der Waals surface area contributed by atoms with Crippen molar-refractivity contribution in [3.8, 4) is 0 Å². The lowest BCUT2D eigenvalue weighted by Gasteiger charge is -2.51. The van der Waals surface area contributed by atoms with E-state index >= 15 is 0 Å². The van der Waals surface area contributed by atoms with Crippen LogP contribution in [0.25, 0.3) is 10.9 Å². The number of carboxylic acids is 1. The van der Waals surface area contributed by atoms with E-state index in [1.807, 2.05) is 59.7 Å². The maximum absolute atomic E-state index is 14.7. The number of carbonyl (C=O) groups is 3. The second-order valence-corrected chi connectivity index (χ2v) is 23.7. The number of likely N-dealkylation sites (N-methyl/N-ethyl adjacent to an activating group) is 1. The number of alkyl carbamates (subject to hydrolysis) is 1. The number of benzene rings is 1. The molecule has 1 amide bonds. The van der Waals surface area contributed by atoms with Crippen molar-refractivity contribution in [1.82, 2.24) is 14.9 Å². The lowest BCUT2D eigenvalue weighted by atomic mass is 9.73. The van der Waals surface area contributed by atoms with Gasteiger partial charge in [0.05, 0.1) is 60.3 Å². The minimum atomic E-state index is -1.69. The van der Waals surface area contributed by atoms with Crippen LogP contribution < -0.4 is 15.8 Å². The number of hydrogen-bond donors (Lipinski definition) is 5. The summed E-state index contributed by atoms with van der Waals surface area (Å²) in [6.07, 6.45) is -8.08. The quantitative estimate of drug-likeness (QED) is 0.107. The van der Waals surface area contributed by atoms with Crippen molar-refractivity contribution < 1.29 is 82.2 Å². The lowest BCUT2D eigenvalue weighted by molar-refractivity contribution is -0.325. The molecule has 0 radical (unpaired) electrons. The van der Waals surface area contributed by atoms with Crippen molar-refractivity contribution in [2.45, 2.75) is 211 Å². The van der Waals surface area contributed by atoms with Gasteiger partial charge in [-0.25, -0.2) is 9.59 Å². The molecule has 20 atom stereocenters. The van der Waals surface area contributed by atoms with Crippen molar-refractivity contribution in [1.29, 1.82) is 0 Å². The van der Waals surface area contributed by atoms with Gasteiger partial charge in [0.1, 0.15) is 29.0 Å². The fourth-order valence-electron chi connectivity index (χ4n) is 12.6. The Kier molecular flexibility index (Phi) is 21.5. The number of hydrogen-bond acceptors (Lipinski definition) is 19. The molecule has 79 heavy (non-hydrogen) atoms. The Morgan fingerprint density at radius 1 is 0.899 bits per heavy atom. The molecule has 4 saturated heterocycles. The molecule has 0 saturated carbocycles. The van der Waals surface area contributed by atoms with Gasteiger partial charge in [0.2, 0.25) is 5.43 Å². The first-order valence-corrected chi connectivity index (χ1v) is 28.0. The van der Waals surface area contributed by atoms with E-state index in [1.54, 1.807) is 77.5 Å². The first kappa shape index (κ1) is 64.1. The summed E-state index contributed by atoms with van der Waals surface area (Å²) in [7, 11) is 8.75. The molecule has 5 N–H and O–H groups in total. The summed E-state index contributed by atoms with van der Waals surface area (Å²) < 4.78 is 65.1. The number of nitrogens with one attached hydrogen (secondary N) is 1. The molecule has 2 bridgehead atoms. The molecule has 6 rings (SSSR count). The van der Waals surface area contributed by atoms with Crippen LogP contribution in [-0.4, -0.2) is 200 Å². The van der Waals surface area contributed by atoms with E-state index in [-0.39, 0.29) is 56.0 Å². The predicted octanol–water partition coefficient (Wildman–Crippen LogP) is 4.58. The number of carboxylic acid groups (broad SMARTS) is 1. The van der Waals surface area contributed by atoms with Crippen LogP contribution in [0.15, 0.2) is 29.2 Å². The molecule has 0 spiro atoms. The lowest BCUT2D eigenvalue weighted by Crippen LogP contribution is -2.63. The fraction of sp³-hybridized carbons (Fsp3) is 0.789. The largest absolute Gasteiger partial charge is 0.477 e. The average molecular weight is 1120 g/mol. The summed E-state index contributed by atoms with van der Waals surface area (Å²) in [4.78, 5) is 54.8. The Balaban J connectivity index is 1.16. The monoisotopic (exact) mass is 1120 g/mol. The number of ether oxygens (including phenoxy) is 10. The highest BCUT2D eigenvalue weighted by atomic mass is 16.7. The van der Waals surface area contributed by atoms with Crippen LogP contribution in [0.2, 0.25) is 0 Å². The molecule has 0 unspecified atom stereocenters. The Labute approximate surface area is 465 Å². The molecule has 22 heteroatoms. The third kappa shape index (κ3) is 14.6. The minimum Gasteiger partial charge on any atom is -0.477 e. The van der Waals surface area contributed by atoms with Gasteiger partial charge in [-0.1, -0.05) is 33.8 Å². The molecular formula is C57H92N4O18. The van der Waals surface area contributed by atoms with E-state index in [9.17, 15) is 39.6 Å². The standard InChI is InChI=1S/C57H92N4O18/c1-17-42-57(11,69)49-32(4)46(74-36(8)75-49)30(2)27-55(9,68)48(78-53-45(63)41(59(12)13)25-31(3)72-53)33(5)47(34(6)52(66)76-42)77-43-28-56(10,70-16)50(35(7)73-43)79-54(67)58-22-24-71-23-18-19-37-20-21-40-38(26-37)44(62)39(51(64)65)29-61(40)60(14)15/h20-21,26,29-36,41-43,45-50,53,63,68-69H,17-19,22-25,27-28H2,1-16H3,(H,58,67)(H,64,65)/t30-,31-,32+,33+,34-,35+,36+,41+,42-,43+,45-,46+,47+,48-,49-,50+,53+,55-,56-,57-/m1/s1. The van der Waals surface area contributed by atoms with E-state index in [2.05, 4.69) is 5.32 Å². The summed E-state index contributed by atoms with van der Waals surface area (Å²) in [5.74, 6) is -4.65. The number of rotatable bonds is 17. The zero-order chi connectivity index (χ0) is 58.6. The zero-order valence-electron chi connectivity index (χ0n) is 49.3. The second-order valence-electron chi connectivity index (χ2n) is 23.7. The maximum Gasteiger partial charge on any atom is 0.407 e. The first-order valence-electron chi connectivity index (χ1n) is 28.0. The first-order chi connectivity index (χ1) is 37.0. The van der Waals surface area contributed by atoms with E-state index in [0.29, 0.717) is 36.8 Å². The summed E-state index contributed by atoms with van der Waals surface area (Å²) in [5.41, 5.74) is -3.97. The number of aryl methyl sites for hydroxylation is 1. The number of aliphatic hydroxyl groups is 3. The van der Waals surface area contributed by atoms with Gasteiger partial charge in [0.15, 0.2) is 25.0 Å². The number of methoxy groups -OCH3 is 1. The number of cyclic esters (lactones) is 1. The van der Waals surface area contributed by atoms with Crippen LogP contribution in [0.3, 0.4) is 0 Å². The smallest absolute Gasteiger partial charge is 0.407 e. The third-order valence-electron chi connectivity index (χ3n) is 16.8. The van der Waals surface area contributed by atoms with Gasteiger partial charge in [-0.2, -0.15) is 0 Å². The van der Waals surface area contributed by atoms with E-state index in [4.69, 9.17) is 47.4 Å². The molecule has 0 aliphatic carbocycles. The highest BCUT2D eigenvalue weighted by Crippen LogP contribution is 2.44. The van der Waals surface area contributed by atoms with E-state index in [0.717, 1.165) is 5.56 Å². The van der Waals surface area contributed by atoms with Crippen molar-refractivity contribution in [3.05, 3.63) is 45.7 Å². The minimum absolute atomic E-state index is 0.0232. The number of aromatic nitrogens is 1. The summed E-state index contributed by atoms with van der Waals surface area (Å²) in [6.45, 7) is 20.2. The predicted molar refractivity (Wildman–Crippen MR) is 291 cm³/mol. The molecular weight excluding hydrogens is 1030 g/mol. The topological polar surface area (TPSA) is 265 Å². The van der Waals surface area contributed by atoms with Gasteiger partial charge in [0, 0.05) is 70.2 Å². The number of aliphatic hydroxyl groups excluding tert-OH is 1. The Morgan fingerprint density at radius 2 is 1.59 bits per heavy atom. The van der Waals surface area contributed by atoms with Crippen LogP contribution in [0.4, 0.5) is 4.79 Å². The summed E-state index contributed by atoms with van der Waals surface area (Å²) >= 11 is 0. The van der Waals surface area contributed by atoms with Crippen molar-refractivity contribution in [3.63, 3.8) is 0 Å². The van der Waals surface area contributed by atoms with Crippen LogP contribution in [0.1, 0.15) is 124 Å². The van der Waals surface area contributed by atoms with Crippen molar-refractivity contribution in [2.24, 2.45) is 23.7 Å². The van der Waals surface area contributed by atoms with E-state index < -0.39 is 126 Å². The average Bonchev–Trinajstić information content (AvgIpc) is 3.44. The SMILES string of the molecule is CC[C@H]1OC(=O)[C@H](C)[C@@H](O[C@H]2C[C@@](C)(OC)[C@@H](OC(=O)NCCOCCCc3ccc4c(c3)c(=O)c(C(=O)O)cn4N(C)C)[C@H](C)O2)[C@H](C)[C@@H](O[C@@H]2O[C@H](C)C[C@H](N(C)C)[C@H]2O)[C@](C)(O)C[C@@H](C)[C@@H]2O[C@H](C)O[C@H]([C@H]2C)[C@]1(C)O. The molecule has 22 nitrogen and oxygen atoms in total. The van der Waals surface area contributed by atoms with Gasteiger partial charge in [-0.15, -0.1) is 0 Å². The summed E-state index contributed by atoms with van der Waals surface area (Å²) in [6, 6.07) is 5.07. The van der Waals surface area contributed by atoms with Gasteiger partial charge in [-0.05, 0) is 118 Å². The number of fused-ring (bicyclic) bond motifs is 3. The number of carbonyl (C=O) groups excluding carboxylic acids is 2. The van der Waals surface area contributed by atoms with Gasteiger partial charge in [0.25, 0.3) is 0 Å². The number of aromatic carboxylic acids is 1. The third-order valence-corrected chi connectivity index (χ3v) is 16.8. The molecule has 2 aromatic rings. The highest BCUT2D eigenvalue weighted by molar-refractivity contribution is 5.92. The Hall–Kier alpha value is -4.04.